The van der Waals surface area contributed by atoms with E-state index in [-0.39, 0.29) is 13.0 Å². The topological polar surface area (TPSA) is 87.2 Å². The quantitative estimate of drug-likeness (QED) is 0.374. The van der Waals surface area contributed by atoms with Crippen LogP contribution >= 0.6 is 0 Å². The third-order valence-corrected chi connectivity index (χ3v) is 5.21. The number of hydrogen-bond donors (Lipinski definition) is 0. The summed E-state index contributed by atoms with van der Waals surface area (Å²) in [6.45, 7) is 3.92. The minimum Gasteiger partial charge on any atom is -0.460 e. The first kappa shape index (κ1) is 20.6. The van der Waals surface area contributed by atoms with Gasteiger partial charge in [0.25, 0.3) is 5.78 Å². The summed E-state index contributed by atoms with van der Waals surface area (Å²) in [7, 11) is 0. The number of para-hydroxylation sites is 1. The Balaban J connectivity index is 1.36. The molecule has 3 aromatic heterocycles. The minimum absolute atomic E-state index is 0.0324. The number of hydrogen-bond acceptors (Lipinski definition) is 6. The van der Waals surface area contributed by atoms with Gasteiger partial charge in [0.15, 0.2) is 5.82 Å². The molecular weight excluding hydrogens is 416 g/mol. The van der Waals surface area contributed by atoms with Crippen molar-refractivity contribution < 1.29 is 9.53 Å². The molecule has 8 nitrogen and oxygen atoms in total. The van der Waals surface area contributed by atoms with Gasteiger partial charge in [-0.25, -0.2) is 14.2 Å². The SMILES string of the molecule is Cc1cc(C)n2nc(CC(=O)OCc3cn(-c4ccccc4)nc3-c3ccccc3)nc2n1. The fourth-order valence-electron chi connectivity index (χ4n) is 3.69. The molecule has 3 heterocycles. The Hall–Kier alpha value is -4.33. The summed E-state index contributed by atoms with van der Waals surface area (Å²) in [5.74, 6) is 0.446. The fourth-order valence-corrected chi connectivity index (χ4v) is 3.69. The van der Waals surface area contributed by atoms with E-state index in [1.54, 1.807) is 9.20 Å². The molecule has 0 aliphatic heterocycles. The highest BCUT2D eigenvalue weighted by Crippen LogP contribution is 2.24. The van der Waals surface area contributed by atoms with Crippen LogP contribution in [0.5, 0.6) is 0 Å². The summed E-state index contributed by atoms with van der Waals surface area (Å²) in [4.78, 5) is 21.3. The van der Waals surface area contributed by atoms with E-state index in [0.29, 0.717) is 11.6 Å². The van der Waals surface area contributed by atoms with Crippen LogP contribution in [0, 0.1) is 13.8 Å². The molecular formula is C25H22N6O2. The molecule has 0 aliphatic rings. The molecule has 2 aromatic carbocycles. The number of fused-ring (bicyclic) bond motifs is 1. The number of rotatable bonds is 6. The number of benzene rings is 2. The van der Waals surface area contributed by atoms with Gasteiger partial charge >= 0.3 is 5.97 Å². The maximum absolute atomic E-state index is 12.6. The summed E-state index contributed by atoms with van der Waals surface area (Å²) in [6, 6.07) is 21.6. The summed E-state index contributed by atoms with van der Waals surface area (Å²) < 4.78 is 9.02. The molecule has 0 bridgehead atoms. The zero-order valence-corrected chi connectivity index (χ0v) is 18.3. The fraction of sp³-hybridized carbons (Fsp3) is 0.160. The maximum atomic E-state index is 12.6. The Morgan fingerprint density at radius 3 is 2.42 bits per heavy atom. The van der Waals surface area contributed by atoms with Crippen LogP contribution in [0.25, 0.3) is 22.7 Å². The Kier molecular flexibility index (Phi) is 5.40. The van der Waals surface area contributed by atoms with Gasteiger partial charge in [-0.05, 0) is 32.0 Å². The third kappa shape index (κ3) is 4.36. The zero-order valence-electron chi connectivity index (χ0n) is 18.3. The van der Waals surface area contributed by atoms with E-state index in [9.17, 15) is 4.79 Å². The number of esters is 1. The first-order valence-corrected chi connectivity index (χ1v) is 10.6. The molecule has 0 saturated carbocycles. The lowest BCUT2D eigenvalue weighted by Crippen LogP contribution is -2.09. The molecule has 0 saturated heterocycles. The van der Waals surface area contributed by atoms with Crippen molar-refractivity contribution in [2.24, 2.45) is 0 Å². The average Bonchev–Trinajstić information content (AvgIpc) is 3.43. The molecule has 5 rings (SSSR count). The second-order valence-corrected chi connectivity index (χ2v) is 7.77. The first-order chi connectivity index (χ1) is 16.1. The van der Waals surface area contributed by atoms with E-state index in [4.69, 9.17) is 9.84 Å². The molecule has 0 radical (unpaired) electrons. The van der Waals surface area contributed by atoms with Gasteiger partial charge in [0, 0.05) is 28.7 Å². The number of nitrogens with zero attached hydrogens (tertiary/aromatic N) is 6. The van der Waals surface area contributed by atoms with Crippen LogP contribution in [-0.4, -0.2) is 35.3 Å². The predicted molar refractivity (Wildman–Crippen MR) is 123 cm³/mol. The normalized spacial score (nSPS) is 11.1. The lowest BCUT2D eigenvalue weighted by molar-refractivity contribution is -0.144. The molecule has 5 aromatic rings. The second kappa shape index (κ2) is 8.66. The van der Waals surface area contributed by atoms with E-state index < -0.39 is 5.97 Å². The Bertz CT molecular complexity index is 1420. The molecule has 164 valence electrons. The van der Waals surface area contributed by atoms with Gasteiger partial charge in [-0.2, -0.15) is 10.1 Å². The number of aryl methyl sites for hydroxylation is 2. The molecule has 0 aliphatic carbocycles. The van der Waals surface area contributed by atoms with E-state index >= 15 is 0 Å². The van der Waals surface area contributed by atoms with Crippen molar-refractivity contribution in [3.8, 4) is 16.9 Å². The van der Waals surface area contributed by atoms with Crippen LogP contribution in [0.3, 0.4) is 0 Å². The summed E-state index contributed by atoms with van der Waals surface area (Å²) in [5, 5.41) is 9.13. The highest BCUT2D eigenvalue weighted by atomic mass is 16.5. The molecule has 0 amide bonds. The van der Waals surface area contributed by atoms with E-state index in [2.05, 4.69) is 15.1 Å². The molecule has 0 atom stereocenters. The Morgan fingerprint density at radius 1 is 0.939 bits per heavy atom. The standard InChI is InChI=1S/C25H22N6O2/c1-17-13-18(2)31-25(26-17)27-22(28-31)14-23(32)33-16-20-15-30(21-11-7-4-8-12-21)29-24(20)19-9-5-3-6-10-19/h3-13,15H,14,16H2,1-2H3. The van der Waals surface area contributed by atoms with Gasteiger partial charge in [-0.3, -0.25) is 4.79 Å². The highest BCUT2D eigenvalue weighted by Gasteiger charge is 2.16. The number of carbonyl (C=O) groups is 1. The molecule has 0 N–H and O–H groups in total. The molecule has 0 spiro atoms. The van der Waals surface area contributed by atoms with E-state index in [1.165, 1.54) is 0 Å². The zero-order chi connectivity index (χ0) is 22.8. The molecule has 0 fully saturated rings. The Morgan fingerprint density at radius 2 is 1.67 bits per heavy atom. The van der Waals surface area contributed by atoms with Crippen molar-refractivity contribution in [1.82, 2.24) is 29.4 Å². The van der Waals surface area contributed by atoms with Crippen LogP contribution in [0.2, 0.25) is 0 Å². The van der Waals surface area contributed by atoms with Crippen LogP contribution in [-0.2, 0) is 22.6 Å². The largest absolute Gasteiger partial charge is 0.460 e. The van der Waals surface area contributed by atoms with Gasteiger partial charge in [-0.15, -0.1) is 5.10 Å². The van der Waals surface area contributed by atoms with Gasteiger partial charge in [0.2, 0.25) is 0 Å². The van der Waals surface area contributed by atoms with Gasteiger partial charge in [-0.1, -0.05) is 48.5 Å². The number of carbonyl (C=O) groups excluding carboxylic acids is 1. The van der Waals surface area contributed by atoms with Crippen molar-refractivity contribution in [2.45, 2.75) is 26.9 Å². The lowest BCUT2D eigenvalue weighted by Gasteiger charge is -2.04. The predicted octanol–water partition coefficient (Wildman–Crippen LogP) is 3.88. The second-order valence-electron chi connectivity index (χ2n) is 7.77. The van der Waals surface area contributed by atoms with Crippen molar-refractivity contribution in [1.29, 1.82) is 0 Å². The van der Waals surface area contributed by atoms with Crippen molar-refractivity contribution in [3.05, 3.63) is 95.7 Å². The third-order valence-electron chi connectivity index (χ3n) is 5.21. The van der Waals surface area contributed by atoms with Gasteiger partial charge in [0.05, 0.1) is 11.4 Å². The first-order valence-electron chi connectivity index (χ1n) is 10.6. The van der Waals surface area contributed by atoms with Crippen molar-refractivity contribution in [3.63, 3.8) is 0 Å². The number of ether oxygens (including phenoxy) is 1. The highest BCUT2D eigenvalue weighted by molar-refractivity contribution is 5.72. The van der Waals surface area contributed by atoms with Crippen molar-refractivity contribution >= 4 is 11.7 Å². The van der Waals surface area contributed by atoms with E-state index in [0.717, 1.165) is 33.9 Å². The summed E-state index contributed by atoms with van der Waals surface area (Å²) in [6.07, 6.45) is 1.86. The number of aromatic nitrogens is 6. The molecule has 8 heteroatoms. The van der Waals surface area contributed by atoms with Crippen LogP contribution in [0.1, 0.15) is 22.8 Å². The summed E-state index contributed by atoms with van der Waals surface area (Å²) in [5.41, 5.74) is 5.23. The Labute approximate surface area is 190 Å². The van der Waals surface area contributed by atoms with Crippen LogP contribution < -0.4 is 0 Å². The molecule has 0 unspecified atom stereocenters. The van der Waals surface area contributed by atoms with Crippen LogP contribution in [0.15, 0.2) is 72.9 Å². The van der Waals surface area contributed by atoms with Crippen LogP contribution in [0.4, 0.5) is 0 Å². The average molecular weight is 438 g/mol. The smallest absolute Gasteiger partial charge is 0.313 e. The minimum atomic E-state index is -0.410. The lowest BCUT2D eigenvalue weighted by atomic mass is 10.1. The summed E-state index contributed by atoms with van der Waals surface area (Å²) >= 11 is 0. The van der Waals surface area contributed by atoms with Gasteiger partial charge in [0.1, 0.15) is 13.0 Å². The monoisotopic (exact) mass is 438 g/mol. The maximum Gasteiger partial charge on any atom is 0.313 e. The molecule has 33 heavy (non-hydrogen) atoms. The van der Waals surface area contributed by atoms with E-state index in [1.807, 2.05) is 86.8 Å². The van der Waals surface area contributed by atoms with Gasteiger partial charge < -0.3 is 4.74 Å². The van der Waals surface area contributed by atoms with Crippen molar-refractivity contribution in [2.75, 3.05) is 0 Å².